The van der Waals surface area contributed by atoms with Gasteiger partial charge in [-0.1, -0.05) is 42.0 Å². The summed E-state index contributed by atoms with van der Waals surface area (Å²) in [5.41, 5.74) is 8.05. The third-order valence-electron chi connectivity index (χ3n) is 8.71. The number of amides is 3. The fourth-order valence-corrected chi connectivity index (χ4v) is 7.19. The zero-order chi connectivity index (χ0) is 31.1. The maximum atomic E-state index is 13.6. The van der Waals surface area contributed by atoms with Crippen LogP contribution in [0.5, 0.6) is 0 Å². The topological polar surface area (TPSA) is 65.5 Å². The van der Waals surface area contributed by atoms with E-state index in [-0.39, 0.29) is 37.9 Å². The molecule has 5 aromatic rings. The Balaban J connectivity index is 1.14. The van der Waals surface area contributed by atoms with Gasteiger partial charge in [0.15, 0.2) is 0 Å². The highest BCUT2D eigenvalue weighted by atomic mass is 32.1. The smallest absolute Gasteiger partial charge is 0.318 e. The van der Waals surface area contributed by atoms with Crippen molar-refractivity contribution in [2.24, 2.45) is 0 Å². The molecule has 3 aromatic carbocycles. The Morgan fingerprint density at radius 3 is 2.31 bits per heavy atom. The number of piperidine rings is 1. The van der Waals surface area contributed by atoms with E-state index in [1.165, 1.54) is 10.5 Å². The highest BCUT2D eigenvalue weighted by molar-refractivity contribution is 7.19. The van der Waals surface area contributed by atoms with Gasteiger partial charge in [0.25, 0.3) is 11.8 Å². The van der Waals surface area contributed by atoms with Gasteiger partial charge in [-0.2, -0.15) is 0 Å². The van der Waals surface area contributed by atoms with E-state index >= 15 is 0 Å². The van der Waals surface area contributed by atoms with Crippen molar-refractivity contribution >= 4 is 33.4 Å². The Labute approximate surface area is 264 Å². The van der Waals surface area contributed by atoms with E-state index in [1.54, 1.807) is 34.6 Å². The van der Waals surface area contributed by atoms with E-state index in [0.29, 0.717) is 25.2 Å². The van der Waals surface area contributed by atoms with Gasteiger partial charge in [0.05, 0.1) is 6.54 Å². The number of hydrogen-bond acceptors (Lipinski definition) is 4. The van der Waals surface area contributed by atoms with Crippen LogP contribution < -0.4 is 5.32 Å². The maximum absolute atomic E-state index is 13.6. The van der Waals surface area contributed by atoms with Crippen LogP contribution in [-0.2, 0) is 19.6 Å². The van der Waals surface area contributed by atoms with Crippen LogP contribution in [0, 0.1) is 6.92 Å². The fraction of sp³-hybridized carbons (Fsp3) is 0.250. The molecule has 6 nitrogen and oxygen atoms in total. The van der Waals surface area contributed by atoms with E-state index in [0.717, 1.165) is 48.3 Å². The molecule has 0 bridgehead atoms. The molecule has 228 valence electrons. The van der Waals surface area contributed by atoms with Gasteiger partial charge >= 0.3 is 6.03 Å². The first-order valence-electron chi connectivity index (χ1n) is 15.1. The molecule has 3 amide bonds. The predicted molar refractivity (Wildman–Crippen MR) is 173 cm³/mol. The largest absolute Gasteiger partial charge is 0.338 e. The van der Waals surface area contributed by atoms with Crippen LogP contribution >= 0.6 is 11.3 Å². The molecule has 0 radical (unpaired) electrons. The average Bonchev–Trinajstić information content (AvgIpc) is 3.68. The lowest BCUT2D eigenvalue weighted by atomic mass is 9.96. The van der Waals surface area contributed by atoms with Crippen molar-refractivity contribution in [1.29, 1.82) is 0 Å². The number of carbonyl (C=O) groups excluding carboxylic acids is 2. The zero-order valence-corrected chi connectivity index (χ0v) is 25.7. The Kier molecular flexibility index (Phi) is 7.57. The summed E-state index contributed by atoms with van der Waals surface area (Å²) in [4.78, 5) is 34.5. The van der Waals surface area contributed by atoms with Crippen molar-refractivity contribution in [2.45, 2.75) is 45.3 Å². The number of nitrogens with one attached hydrogen (secondary N) is 1. The number of benzene rings is 3. The first-order valence-corrected chi connectivity index (χ1v) is 15.9. The molecular formula is C36H32F2N4O2S. The summed E-state index contributed by atoms with van der Waals surface area (Å²) in [7, 11) is 0. The number of rotatable bonds is 5. The number of hydrogen-bond donors (Lipinski definition) is 1. The second-order valence-corrected chi connectivity index (χ2v) is 13.0. The molecule has 2 aliphatic rings. The molecule has 2 aliphatic heterocycles. The van der Waals surface area contributed by atoms with Gasteiger partial charge in [-0.05, 0) is 76.5 Å². The third kappa shape index (κ3) is 6.04. The number of alkyl halides is 2. The first-order chi connectivity index (χ1) is 21.7. The Bertz CT molecular complexity index is 1870. The van der Waals surface area contributed by atoms with Gasteiger partial charge < -0.3 is 15.1 Å². The van der Waals surface area contributed by atoms with Crippen LogP contribution in [0.3, 0.4) is 0 Å². The van der Waals surface area contributed by atoms with Crippen molar-refractivity contribution in [3.05, 3.63) is 112 Å². The molecule has 0 spiro atoms. The molecule has 2 aromatic heterocycles. The van der Waals surface area contributed by atoms with Gasteiger partial charge in [0.2, 0.25) is 0 Å². The van der Waals surface area contributed by atoms with Crippen molar-refractivity contribution in [2.75, 3.05) is 13.1 Å². The highest BCUT2D eigenvalue weighted by Crippen LogP contribution is 2.39. The minimum atomic E-state index is -2.69. The summed E-state index contributed by atoms with van der Waals surface area (Å²) in [5.74, 6) is -2.91. The number of nitrogens with zero attached hydrogens (tertiary/aromatic N) is 3. The SMILES string of the molecule is Cc1ccc(-c2cc(-c3ccc(C(=O)N4CCC(F)(F)CC4)cc3)cc3cc(CNC(=O)N4Cc5ccncc5C4)sc23)cc1. The highest BCUT2D eigenvalue weighted by Gasteiger charge is 2.35. The standard InChI is InChI=1S/C36H32F2N4O2S/c1-23-2-4-25(5-3-23)32-18-28(24-6-8-26(9-7-24)34(43)41-14-11-36(37,38)12-15-41)16-29-17-31(45-33(29)32)20-40-35(44)42-21-27-10-13-39-19-30(27)22-42/h2-10,13,16-19H,11-12,14-15,20-22H2,1H3,(H,40,44). The molecule has 0 unspecified atom stereocenters. The van der Waals surface area contributed by atoms with Crippen LogP contribution in [0.25, 0.3) is 32.3 Å². The van der Waals surface area contributed by atoms with Crippen LogP contribution in [0.2, 0.25) is 0 Å². The quantitative estimate of drug-likeness (QED) is 0.216. The second kappa shape index (κ2) is 11.7. The lowest BCUT2D eigenvalue weighted by molar-refractivity contribution is -0.0494. The molecule has 4 heterocycles. The summed E-state index contributed by atoms with van der Waals surface area (Å²) in [5, 5.41) is 4.17. The summed E-state index contributed by atoms with van der Waals surface area (Å²) < 4.78 is 28.3. The van der Waals surface area contributed by atoms with Crippen molar-refractivity contribution < 1.29 is 18.4 Å². The van der Waals surface area contributed by atoms with Gasteiger partial charge in [-0.25, -0.2) is 13.6 Å². The predicted octanol–water partition coefficient (Wildman–Crippen LogP) is 8.04. The zero-order valence-electron chi connectivity index (χ0n) is 24.9. The molecule has 1 saturated heterocycles. The molecule has 0 aliphatic carbocycles. The lowest BCUT2D eigenvalue weighted by Crippen LogP contribution is -2.42. The van der Waals surface area contributed by atoms with Crippen molar-refractivity contribution in [1.82, 2.24) is 20.1 Å². The maximum Gasteiger partial charge on any atom is 0.318 e. The van der Waals surface area contributed by atoms with Gasteiger partial charge in [-0.3, -0.25) is 9.78 Å². The minimum Gasteiger partial charge on any atom is -0.338 e. The summed E-state index contributed by atoms with van der Waals surface area (Å²) in [6, 6.07) is 24.2. The summed E-state index contributed by atoms with van der Waals surface area (Å²) in [6.45, 7) is 3.75. The second-order valence-electron chi connectivity index (χ2n) is 11.9. The molecule has 7 rings (SSSR count). The van der Waals surface area contributed by atoms with E-state index in [4.69, 9.17) is 0 Å². The number of aromatic nitrogens is 1. The number of thiophene rings is 1. The van der Waals surface area contributed by atoms with Crippen molar-refractivity contribution in [3.63, 3.8) is 0 Å². The van der Waals surface area contributed by atoms with E-state index in [2.05, 4.69) is 59.7 Å². The monoisotopic (exact) mass is 622 g/mol. The number of urea groups is 1. The van der Waals surface area contributed by atoms with Crippen LogP contribution in [0.1, 0.15) is 44.8 Å². The number of fused-ring (bicyclic) bond motifs is 2. The molecule has 1 N–H and O–H groups in total. The molecule has 9 heteroatoms. The lowest BCUT2D eigenvalue weighted by Gasteiger charge is -2.31. The van der Waals surface area contributed by atoms with Gasteiger partial charge in [-0.15, -0.1) is 11.3 Å². The summed E-state index contributed by atoms with van der Waals surface area (Å²) in [6.07, 6.45) is 2.99. The van der Waals surface area contributed by atoms with E-state index in [1.807, 2.05) is 24.4 Å². The van der Waals surface area contributed by atoms with Crippen LogP contribution in [0.15, 0.2) is 85.2 Å². The van der Waals surface area contributed by atoms with E-state index < -0.39 is 5.92 Å². The molecular weight excluding hydrogens is 590 g/mol. The van der Waals surface area contributed by atoms with Gasteiger partial charge in [0, 0.05) is 72.1 Å². The van der Waals surface area contributed by atoms with Crippen LogP contribution in [0.4, 0.5) is 13.6 Å². The first kappa shape index (κ1) is 29.1. The Morgan fingerprint density at radius 2 is 1.58 bits per heavy atom. The number of pyridine rings is 1. The number of halogens is 2. The Morgan fingerprint density at radius 1 is 0.867 bits per heavy atom. The third-order valence-corrected chi connectivity index (χ3v) is 9.89. The number of carbonyl (C=O) groups is 2. The average molecular weight is 623 g/mol. The summed E-state index contributed by atoms with van der Waals surface area (Å²) >= 11 is 1.67. The molecule has 0 atom stereocenters. The van der Waals surface area contributed by atoms with Crippen LogP contribution in [-0.4, -0.2) is 45.7 Å². The molecule has 0 saturated carbocycles. The minimum absolute atomic E-state index is 0.0638. The Hall–Kier alpha value is -4.63. The number of aryl methyl sites for hydroxylation is 1. The molecule has 1 fully saturated rings. The molecule has 45 heavy (non-hydrogen) atoms. The van der Waals surface area contributed by atoms with Crippen molar-refractivity contribution in [3.8, 4) is 22.3 Å². The number of likely N-dealkylation sites (tertiary alicyclic amines) is 1. The van der Waals surface area contributed by atoms with Gasteiger partial charge in [0.1, 0.15) is 0 Å². The fourth-order valence-electron chi connectivity index (χ4n) is 6.07. The van der Waals surface area contributed by atoms with E-state index in [9.17, 15) is 18.4 Å². The normalized spacial score (nSPS) is 15.7.